The Hall–Kier alpha value is -1.14. The minimum Gasteiger partial charge on any atom is -0.494 e. The van der Waals surface area contributed by atoms with Crippen molar-refractivity contribution < 1.29 is 19.4 Å². The molecule has 1 N–H and O–H groups in total. The van der Waals surface area contributed by atoms with Gasteiger partial charge in [-0.1, -0.05) is 40.0 Å². The molecule has 0 saturated heterocycles. The Balaban J connectivity index is 2.91. The van der Waals surface area contributed by atoms with E-state index in [0.29, 0.717) is 40.8 Å². The molecule has 1 rings (SSSR count). The van der Waals surface area contributed by atoms with E-state index in [1.165, 1.54) is 13.2 Å². The van der Waals surface area contributed by atoms with Gasteiger partial charge in [0.15, 0.2) is 0 Å². The van der Waals surface area contributed by atoms with Gasteiger partial charge in [-0.2, -0.15) is 0 Å². The summed E-state index contributed by atoms with van der Waals surface area (Å²) in [5, 5.41) is 13.2. The zero-order chi connectivity index (χ0) is 17.9. The Labute approximate surface area is 156 Å². The van der Waals surface area contributed by atoms with Crippen LogP contribution in [-0.4, -0.2) is 37.7 Å². The SMILES string of the molecule is COc1c(Cl)cc(OCC=C(Cl)Cl)cc1/C(C)=N/OCCCCO. The van der Waals surface area contributed by atoms with Gasteiger partial charge in [0.2, 0.25) is 0 Å². The predicted octanol–water partition coefficient (Wildman–Crippen LogP) is 4.56. The Bertz CT molecular complexity index is 587. The van der Waals surface area contributed by atoms with E-state index < -0.39 is 0 Å². The molecular weight excluding hydrogens is 377 g/mol. The maximum absolute atomic E-state index is 8.73. The quantitative estimate of drug-likeness (QED) is 0.358. The summed E-state index contributed by atoms with van der Waals surface area (Å²) in [4.78, 5) is 5.24. The molecule has 1 aromatic carbocycles. The molecule has 0 heterocycles. The Morgan fingerprint density at radius 2 is 2.04 bits per heavy atom. The van der Waals surface area contributed by atoms with Gasteiger partial charge in [-0.05, 0) is 31.9 Å². The highest BCUT2D eigenvalue weighted by molar-refractivity contribution is 6.55. The van der Waals surface area contributed by atoms with Gasteiger partial charge in [0.05, 0.1) is 17.8 Å². The smallest absolute Gasteiger partial charge is 0.146 e. The molecule has 0 amide bonds. The van der Waals surface area contributed by atoms with Crippen molar-refractivity contribution in [3.8, 4) is 11.5 Å². The molecule has 0 fully saturated rings. The number of unbranched alkanes of at least 4 members (excludes halogenated alkanes) is 1. The summed E-state index contributed by atoms with van der Waals surface area (Å²) in [7, 11) is 1.52. The number of halogens is 3. The number of hydrogen-bond donors (Lipinski definition) is 1. The van der Waals surface area contributed by atoms with Crippen molar-refractivity contribution in [2.45, 2.75) is 19.8 Å². The van der Waals surface area contributed by atoms with Gasteiger partial charge < -0.3 is 19.4 Å². The van der Waals surface area contributed by atoms with E-state index in [2.05, 4.69) is 5.16 Å². The highest BCUT2D eigenvalue weighted by Crippen LogP contribution is 2.34. The fourth-order valence-corrected chi connectivity index (χ4v) is 2.21. The summed E-state index contributed by atoms with van der Waals surface area (Å²) in [5.74, 6) is 1.01. The fraction of sp³-hybridized carbons (Fsp3) is 0.438. The number of hydrogen-bond acceptors (Lipinski definition) is 5. The molecule has 0 atom stereocenters. The van der Waals surface area contributed by atoms with E-state index in [4.69, 9.17) is 54.2 Å². The van der Waals surface area contributed by atoms with Crippen molar-refractivity contribution in [2.24, 2.45) is 5.16 Å². The third-order valence-corrected chi connectivity index (χ3v) is 3.53. The predicted molar refractivity (Wildman–Crippen MR) is 97.8 cm³/mol. The van der Waals surface area contributed by atoms with Crippen molar-refractivity contribution in [2.75, 3.05) is 26.9 Å². The number of oxime groups is 1. The van der Waals surface area contributed by atoms with Crippen LogP contribution in [0, 0.1) is 0 Å². The van der Waals surface area contributed by atoms with Crippen molar-refractivity contribution in [1.29, 1.82) is 0 Å². The standard InChI is InChI=1S/C16H20Cl3NO4/c1-11(20-24-7-4-3-6-21)13-9-12(23-8-5-15(18)19)10-14(17)16(13)22-2/h5,9-10,21H,3-4,6-8H2,1-2H3/b20-11+. The maximum atomic E-state index is 8.73. The van der Waals surface area contributed by atoms with Crippen LogP contribution in [0.4, 0.5) is 0 Å². The van der Waals surface area contributed by atoms with Crippen LogP contribution in [0.1, 0.15) is 25.3 Å². The van der Waals surface area contributed by atoms with E-state index in [0.717, 1.165) is 6.42 Å². The highest BCUT2D eigenvalue weighted by atomic mass is 35.5. The van der Waals surface area contributed by atoms with Crippen LogP contribution in [0.15, 0.2) is 27.9 Å². The van der Waals surface area contributed by atoms with E-state index in [1.807, 2.05) is 0 Å². The van der Waals surface area contributed by atoms with Crippen LogP contribution >= 0.6 is 34.8 Å². The normalized spacial score (nSPS) is 11.2. The van der Waals surface area contributed by atoms with E-state index in [9.17, 15) is 0 Å². The molecule has 1 aromatic rings. The molecule has 0 bridgehead atoms. The molecule has 0 aliphatic carbocycles. The average molecular weight is 397 g/mol. The molecule has 0 aliphatic heterocycles. The van der Waals surface area contributed by atoms with Gasteiger partial charge in [0.1, 0.15) is 29.2 Å². The van der Waals surface area contributed by atoms with Crippen molar-refractivity contribution in [1.82, 2.24) is 0 Å². The van der Waals surface area contributed by atoms with Gasteiger partial charge in [-0.15, -0.1) is 0 Å². The minimum atomic E-state index is 0.129. The second kappa shape index (κ2) is 11.4. The second-order valence-corrected chi connectivity index (χ2v) is 6.15. The molecule has 0 spiro atoms. The molecule has 0 unspecified atom stereocenters. The number of methoxy groups -OCH3 is 1. The lowest BCUT2D eigenvalue weighted by Gasteiger charge is -2.13. The van der Waals surface area contributed by atoms with Crippen molar-refractivity contribution >= 4 is 40.5 Å². The zero-order valence-corrected chi connectivity index (χ0v) is 15.8. The number of aliphatic hydroxyl groups excluding tert-OH is 1. The lowest BCUT2D eigenvalue weighted by molar-refractivity contribution is 0.134. The van der Waals surface area contributed by atoms with Crippen LogP contribution in [-0.2, 0) is 4.84 Å². The van der Waals surface area contributed by atoms with Crippen molar-refractivity contribution in [3.05, 3.63) is 33.3 Å². The first kappa shape index (κ1) is 20.9. The van der Waals surface area contributed by atoms with Crippen molar-refractivity contribution in [3.63, 3.8) is 0 Å². The molecule has 0 aromatic heterocycles. The topological polar surface area (TPSA) is 60.3 Å². The summed E-state index contributed by atoms with van der Waals surface area (Å²) in [6, 6.07) is 3.38. The largest absolute Gasteiger partial charge is 0.494 e. The van der Waals surface area contributed by atoms with E-state index >= 15 is 0 Å². The number of ether oxygens (including phenoxy) is 2. The third kappa shape index (κ3) is 7.18. The van der Waals surface area contributed by atoms with Crippen LogP contribution in [0.5, 0.6) is 11.5 Å². The zero-order valence-electron chi connectivity index (χ0n) is 13.5. The monoisotopic (exact) mass is 395 g/mol. The minimum absolute atomic E-state index is 0.129. The first-order valence-electron chi connectivity index (χ1n) is 7.28. The summed E-state index contributed by atoms with van der Waals surface area (Å²) in [5.41, 5.74) is 1.25. The summed E-state index contributed by atoms with van der Waals surface area (Å²) < 4.78 is 11.0. The fourth-order valence-electron chi connectivity index (χ4n) is 1.80. The van der Waals surface area contributed by atoms with Gasteiger partial charge in [0, 0.05) is 18.2 Å². The molecule has 0 radical (unpaired) electrons. The van der Waals surface area contributed by atoms with Crippen LogP contribution < -0.4 is 9.47 Å². The average Bonchev–Trinajstić information content (AvgIpc) is 2.53. The van der Waals surface area contributed by atoms with Crippen LogP contribution in [0.3, 0.4) is 0 Å². The van der Waals surface area contributed by atoms with E-state index in [1.54, 1.807) is 19.1 Å². The van der Waals surface area contributed by atoms with Crippen LogP contribution in [0.2, 0.25) is 5.02 Å². The van der Waals surface area contributed by atoms with Gasteiger partial charge >= 0.3 is 0 Å². The van der Waals surface area contributed by atoms with Crippen LogP contribution in [0.25, 0.3) is 0 Å². The molecule has 5 nitrogen and oxygen atoms in total. The number of aliphatic hydroxyl groups is 1. The second-order valence-electron chi connectivity index (χ2n) is 4.73. The van der Waals surface area contributed by atoms with Gasteiger partial charge in [-0.3, -0.25) is 0 Å². The number of rotatable bonds is 10. The molecular formula is C16H20Cl3NO4. The maximum Gasteiger partial charge on any atom is 0.146 e. The lowest BCUT2D eigenvalue weighted by atomic mass is 10.1. The van der Waals surface area contributed by atoms with Gasteiger partial charge in [-0.25, -0.2) is 0 Å². The van der Waals surface area contributed by atoms with Gasteiger partial charge in [0.25, 0.3) is 0 Å². The Morgan fingerprint density at radius 1 is 1.29 bits per heavy atom. The Morgan fingerprint density at radius 3 is 2.67 bits per heavy atom. The summed E-state index contributed by atoms with van der Waals surface area (Å²) >= 11 is 17.3. The number of nitrogens with zero attached hydrogens (tertiary/aromatic N) is 1. The summed E-state index contributed by atoms with van der Waals surface area (Å²) in [6.07, 6.45) is 2.91. The van der Waals surface area contributed by atoms with E-state index in [-0.39, 0.29) is 17.7 Å². The molecule has 134 valence electrons. The number of benzene rings is 1. The molecule has 8 heteroatoms. The Kier molecular flexibility index (Phi) is 9.95. The molecule has 0 saturated carbocycles. The summed E-state index contributed by atoms with van der Waals surface area (Å²) in [6.45, 7) is 2.54. The highest BCUT2D eigenvalue weighted by Gasteiger charge is 2.14. The first-order valence-corrected chi connectivity index (χ1v) is 8.42. The molecule has 24 heavy (non-hydrogen) atoms. The lowest BCUT2D eigenvalue weighted by Crippen LogP contribution is -2.03. The first-order chi connectivity index (χ1) is 11.5. The molecule has 0 aliphatic rings. The third-order valence-electron chi connectivity index (χ3n) is 2.94.